The molecule has 1 amide bonds. The Bertz CT molecular complexity index is 957. The van der Waals surface area contributed by atoms with Gasteiger partial charge in [0.2, 0.25) is 0 Å². The largest absolute Gasteiger partial charge is 0.490 e. The van der Waals surface area contributed by atoms with Gasteiger partial charge in [-0.25, -0.2) is 4.79 Å². The van der Waals surface area contributed by atoms with Crippen LogP contribution in [0.4, 0.5) is 4.79 Å². The summed E-state index contributed by atoms with van der Waals surface area (Å²) in [5, 5.41) is 2.91. The zero-order valence-electron chi connectivity index (χ0n) is 20.4. The molecule has 1 atom stereocenters. The Hall–Kier alpha value is -2.69. The fourth-order valence-electron chi connectivity index (χ4n) is 4.79. The maximum atomic E-state index is 11.9. The number of hydrogen-bond donors (Lipinski definition) is 1. The second-order valence-corrected chi connectivity index (χ2v) is 10.4. The van der Waals surface area contributed by atoms with Crippen molar-refractivity contribution in [2.24, 2.45) is 5.92 Å². The number of alkyl carbamates (subject to hydrolysis) is 1. The molecule has 0 bridgehead atoms. The molecule has 4 rings (SSSR count). The Balaban J connectivity index is 1.25. The maximum absolute atomic E-state index is 11.9. The van der Waals surface area contributed by atoms with Crippen molar-refractivity contribution in [2.75, 3.05) is 6.54 Å². The number of rotatable bonds is 5. The molecule has 0 aromatic heterocycles. The minimum atomic E-state index is -0.461. The first-order chi connectivity index (χ1) is 15.8. The molecule has 0 saturated heterocycles. The highest BCUT2D eigenvalue weighted by molar-refractivity contribution is 5.67. The number of carbonyl (C=O) groups is 1. The molecular formula is C28H37NO4. The molecule has 1 fully saturated rings. The molecule has 2 aromatic carbocycles. The molecular weight excluding hydrogens is 414 g/mol. The third-order valence-corrected chi connectivity index (χ3v) is 6.54. The molecule has 5 heteroatoms. The molecule has 1 N–H and O–H groups in total. The van der Waals surface area contributed by atoms with Gasteiger partial charge < -0.3 is 19.5 Å². The van der Waals surface area contributed by atoms with E-state index in [1.165, 1.54) is 16.7 Å². The summed E-state index contributed by atoms with van der Waals surface area (Å²) in [5.74, 6) is 2.38. The second-order valence-electron chi connectivity index (χ2n) is 10.4. The van der Waals surface area contributed by atoms with Gasteiger partial charge in [-0.1, -0.05) is 24.3 Å². The van der Waals surface area contributed by atoms with E-state index >= 15 is 0 Å². The van der Waals surface area contributed by atoms with Gasteiger partial charge in [0.05, 0.1) is 6.10 Å². The van der Waals surface area contributed by atoms with Crippen molar-refractivity contribution in [3.63, 3.8) is 0 Å². The summed E-state index contributed by atoms with van der Waals surface area (Å²) in [4.78, 5) is 11.9. The van der Waals surface area contributed by atoms with E-state index in [0.29, 0.717) is 12.5 Å². The SMILES string of the molecule is Cc1ccccc1C1CCc2cc(OC3CCC(CNC(=O)OC(C)(C)C)CC3)ccc2O1. The predicted octanol–water partition coefficient (Wildman–Crippen LogP) is 6.52. The van der Waals surface area contributed by atoms with Crippen LogP contribution < -0.4 is 14.8 Å². The molecule has 1 saturated carbocycles. The summed E-state index contributed by atoms with van der Waals surface area (Å²) in [7, 11) is 0. The lowest BCUT2D eigenvalue weighted by Crippen LogP contribution is -2.37. The van der Waals surface area contributed by atoms with Crippen LogP contribution in [0.25, 0.3) is 0 Å². The number of fused-ring (bicyclic) bond motifs is 1. The van der Waals surface area contributed by atoms with E-state index < -0.39 is 5.60 Å². The lowest BCUT2D eigenvalue weighted by Gasteiger charge is -2.30. The van der Waals surface area contributed by atoms with Crippen molar-refractivity contribution in [3.8, 4) is 11.5 Å². The van der Waals surface area contributed by atoms with Crippen molar-refractivity contribution in [1.82, 2.24) is 5.32 Å². The van der Waals surface area contributed by atoms with Gasteiger partial charge in [0.15, 0.2) is 0 Å². The highest BCUT2D eigenvalue weighted by Gasteiger charge is 2.26. The molecule has 1 aliphatic carbocycles. The molecule has 5 nitrogen and oxygen atoms in total. The topological polar surface area (TPSA) is 56.8 Å². The minimum absolute atomic E-state index is 0.120. The normalized spacial score (nSPS) is 22.6. The molecule has 33 heavy (non-hydrogen) atoms. The van der Waals surface area contributed by atoms with Crippen molar-refractivity contribution in [1.29, 1.82) is 0 Å². The second kappa shape index (κ2) is 10.1. The third-order valence-electron chi connectivity index (χ3n) is 6.54. The van der Waals surface area contributed by atoms with Gasteiger partial charge in [-0.05, 0) is 107 Å². The average molecular weight is 452 g/mol. The van der Waals surface area contributed by atoms with Gasteiger partial charge in [-0.2, -0.15) is 0 Å². The Morgan fingerprint density at radius 1 is 1.06 bits per heavy atom. The molecule has 2 aromatic rings. The van der Waals surface area contributed by atoms with E-state index in [0.717, 1.165) is 50.0 Å². The van der Waals surface area contributed by atoms with Crippen LogP contribution in [-0.2, 0) is 11.2 Å². The zero-order valence-corrected chi connectivity index (χ0v) is 20.4. The van der Waals surface area contributed by atoms with Crippen molar-refractivity contribution in [3.05, 3.63) is 59.2 Å². The summed E-state index contributed by atoms with van der Waals surface area (Å²) in [6, 6.07) is 14.7. The van der Waals surface area contributed by atoms with E-state index in [1.807, 2.05) is 26.8 Å². The number of nitrogens with one attached hydrogen (secondary N) is 1. The van der Waals surface area contributed by atoms with Crippen LogP contribution in [0.3, 0.4) is 0 Å². The number of amides is 1. The summed E-state index contributed by atoms with van der Waals surface area (Å²) in [5.41, 5.74) is 3.33. The zero-order chi connectivity index (χ0) is 23.4. The Morgan fingerprint density at radius 2 is 1.82 bits per heavy atom. The molecule has 0 radical (unpaired) electrons. The first-order valence-electron chi connectivity index (χ1n) is 12.3. The first-order valence-corrected chi connectivity index (χ1v) is 12.3. The lowest BCUT2D eigenvalue weighted by molar-refractivity contribution is 0.0508. The van der Waals surface area contributed by atoms with Crippen molar-refractivity contribution in [2.45, 2.75) is 84.0 Å². The van der Waals surface area contributed by atoms with E-state index in [9.17, 15) is 4.79 Å². The highest BCUT2D eigenvalue weighted by Crippen LogP contribution is 2.38. The molecule has 0 spiro atoms. The van der Waals surface area contributed by atoms with E-state index in [1.54, 1.807) is 0 Å². The predicted molar refractivity (Wildman–Crippen MR) is 130 cm³/mol. The first kappa shape index (κ1) is 23.5. The van der Waals surface area contributed by atoms with Gasteiger partial charge in [0.25, 0.3) is 0 Å². The monoisotopic (exact) mass is 451 g/mol. The summed E-state index contributed by atoms with van der Waals surface area (Å²) >= 11 is 0. The van der Waals surface area contributed by atoms with Crippen LogP contribution in [0, 0.1) is 12.8 Å². The molecule has 178 valence electrons. The van der Waals surface area contributed by atoms with E-state index in [-0.39, 0.29) is 18.3 Å². The fraction of sp³-hybridized carbons (Fsp3) is 0.536. The third kappa shape index (κ3) is 6.43. The fourth-order valence-corrected chi connectivity index (χ4v) is 4.79. The van der Waals surface area contributed by atoms with Gasteiger partial charge in [0, 0.05) is 6.54 Å². The lowest BCUT2D eigenvalue weighted by atomic mass is 9.87. The minimum Gasteiger partial charge on any atom is -0.490 e. The maximum Gasteiger partial charge on any atom is 0.407 e. The molecule has 1 aliphatic heterocycles. The van der Waals surface area contributed by atoms with Crippen LogP contribution in [0.1, 0.15) is 75.7 Å². The van der Waals surface area contributed by atoms with Crippen LogP contribution >= 0.6 is 0 Å². The van der Waals surface area contributed by atoms with Crippen molar-refractivity contribution >= 4 is 6.09 Å². The van der Waals surface area contributed by atoms with Gasteiger partial charge >= 0.3 is 6.09 Å². The standard InChI is InChI=1S/C28H37NO4/c1-19-7-5-6-8-24(19)26-15-11-21-17-23(14-16-25(21)32-26)31-22-12-9-20(10-13-22)18-29-27(30)33-28(2,3)4/h5-8,14,16-17,20,22,26H,9-13,15,18H2,1-4H3,(H,29,30). The van der Waals surface area contributed by atoms with E-state index in [2.05, 4.69) is 48.6 Å². The van der Waals surface area contributed by atoms with Crippen LogP contribution in [0.5, 0.6) is 11.5 Å². The average Bonchev–Trinajstić information content (AvgIpc) is 2.77. The van der Waals surface area contributed by atoms with Gasteiger partial charge in [-0.15, -0.1) is 0 Å². The molecule has 2 aliphatic rings. The number of hydrogen-bond acceptors (Lipinski definition) is 4. The van der Waals surface area contributed by atoms with Crippen molar-refractivity contribution < 1.29 is 19.0 Å². The highest BCUT2D eigenvalue weighted by atomic mass is 16.6. The van der Waals surface area contributed by atoms with Gasteiger partial charge in [0.1, 0.15) is 23.2 Å². The molecule has 1 unspecified atom stereocenters. The Morgan fingerprint density at radius 3 is 2.55 bits per heavy atom. The number of carbonyl (C=O) groups excluding carboxylic acids is 1. The smallest absolute Gasteiger partial charge is 0.407 e. The summed E-state index contributed by atoms with van der Waals surface area (Å²) < 4.78 is 18.0. The summed E-state index contributed by atoms with van der Waals surface area (Å²) in [6.07, 6.45) is 6.10. The summed E-state index contributed by atoms with van der Waals surface area (Å²) in [6.45, 7) is 8.45. The van der Waals surface area contributed by atoms with Crippen LogP contribution in [0.15, 0.2) is 42.5 Å². The number of aryl methyl sites for hydroxylation is 2. The quantitative estimate of drug-likeness (QED) is 0.562. The van der Waals surface area contributed by atoms with E-state index in [4.69, 9.17) is 14.2 Å². The number of ether oxygens (including phenoxy) is 3. The van der Waals surface area contributed by atoms with Gasteiger partial charge in [-0.3, -0.25) is 0 Å². The Labute approximate surface area is 197 Å². The Kier molecular flexibility index (Phi) is 7.16. The molecule has 1 heterocycles. The number of benzene rings is 2. The van der Waals surface area contributed by atoms with Crippen LogP contribution in [-0.4, -0.2) is 24.3 Å². The van der Waals surface area contributed by atoms with Crippen LogP contribution in [0.2, 0.25) is 0 Å².